The van der Waals surface area contributed by atoms with E-state index in [-0.39, 0.29) is 24.8 Å². The molecular formula is C10H18N2O5. The van der Waals surface area contributed by atoms with Gasteiger partial charge in [0.15, 0.2) is 0 Å². The highest BCUT2D eigenvalue weighted by molar-refractivity contribution is 5.86. The van der Waals surface area contributed by atoms with Crippen molar-refractivity contribution in [3.8, 4) is 0 Å². The Labute approximate surface area is 99.5 Å². The summed E-state index contributed by atoms with van der Waals surface area (Å²) in [5, 5.41) is 12.8. The summed E-state index contributed by atoms with van der Waals surface area (Å²) in [6, 6.07) is 0. The molecule has 0 spiro atoms. The molecule has 0 bridgehead atoms. The van der Waals surface area contributed by atoms with Crippen LogP contribution >= 0.6 is 0 Å². The van der Waals surface area contributed by atoms with Crippen molar-refractivity contribution < 1.29 is 24.2 Å². The quantitative estimate of drug-likeness (QED) is 0.508. The van der Waals surface area contributed by atoms with Crippen molar-refractivity contribution in [3.63, 3.8) is 0 Å². The maximum Gasteiger partial charge on any atom is 0.322 e. The van der Waals surface area contributed by atoms with Gasteiger partial charge in [0.2, 0.25) is 11.8 Å². The third-order valence-electron chi connectivity index (χ3n) is 1.87. The molecule has 0 fully saturated rings. The maximum atomic E-state index is 11.3. The summed E-state index contributed by atoms with van der Waals surface area (Å²) in [6.07, 6.45) is 0.264. The van der Waals surface area contributed by atoms with Gasteiger partial charge in [0.1, 0.15) is 6.54 Å². The summed E-state index contributed by atoms with van der Waals surface area (Å²) in [5.41, 5.74) is 0. The van der Waals surface area contributed by atoms with E-state index in [1.165, 1.54) is 0 Å². The molecule has 0 rings (SSSR count). The van der Waals surface area contributed by atoms with Crippen LogP contribution in [0.4, 0.5) is 0 Å². The van der Waals surface area contributed by atoms with Crippen LogP contribution in [0.15, 0.2) is 0 Å². The van der Waals surface area contributed by atoms with Crippen LogP contribution in [0.1, 0.15) is 13.3 Å². The Morgan fingerprint density at radius 3 is 2.29 bits per heavy atom. The van der Waals surface area contributed by atoms with Crippen molar-refractivity contribution in [1.29, 1.82) is 0 Å². The van der Waals surface area contributed by atoms with Crippen molar-refractivity contribution >= 4 is 17.8 Å². The van der Waals surface area contributed by atoms with E-state index in [0.717, 1.165) is 0 Å². The number of ether oxygens (including phenoxy) is 1. The first-order chi connectivity index (χ1) is 7.95. The number of methoxy groups -OCH3 is 1. The second kappa shape index (κ2) is 8.51. The van der Waals surface area contributed by atoms with Crippen molar-refractivity contribution in [2.75, 3.05) is 26.8 Å². The molecule has 7 heteroatoms. The van der Waals surface area contributed by atoms with Crippen LogP contribution in [0.3, 0.4) is 0 Å². The zero-order chi connectivity index (χ0) is 13.3. The van der Waals surface area contributed by atoms with Gasteiger partial charge in [-0.1, -0.05) is 6.92 Å². The SMILES string of the molecule is COCC(C)CC(=O)NCC(=O)NCC(=O)O. The molecule has 0 aromatic rings. The second-order valence-corrected chi connectivity index (χ2v) is 3.71. The Morgan fingerprint density at radius 2 is 1.76 bits per heavy atom. The Morgan fingerprint density at radius 1 is 1.18 bits per heavy atom. The van der Waals surface area contributed by atoms with E-state index >= 15 is 0 Å². The number of rotatable bonds is 8. The fourth-order valence-electron chi connectivity index (χ4n) is 1.15. The summed E-state index contributed by atoms with van der Waals surface area (Å²) in [5.74, 6) is -1.85. The lowest BCUT2D eigenvalue weighted by molar-refractivity contribution is -0.137. The minimum atomic E-state index is -1.13. The topological polar surface area (TPSA) is 105 Å². The lowest BCUT2D eigenvalue weighted by atomic mass is 10.1. The number of amides is 2. The van der Waals surface area contributed by atoms with Crippen LogP contribution in [-0.4, -0.2) is 49.7 Å². The van der Waals surface area contributed by atoms with E-state index in [1.54, 1.807) is 7.11 Å². The number of hydrogen-bond donors (Lipinski definition) is 3. The van der Waals surface area contributed by atoms with Gasteiger partial charge in [-0.25, -0.2) is 0 Å². The Hall–Kier alpha value is -1.63. The average Bonchev–Trinajstić information content (AvgIpc) is 2.23. The van der Waals surface area contributed by atoms with Crippen molar-refractivity contribution in [3.05, 3.63) is 0 Å². The van der Waals surface area contributed by atoms with E-state index < -0.39 is 18.4 Å². The lowest BCUT2D eigenvalue weighted by Crippen LogP contribution is -2.39. The smallest absolute Gasteiger partial charge is 0.322 e. The first-order valence-corrected chi connectivity index (χ1v) is 5.19. The van der Waals surface area contributed by atoms with Gasteiger partial charge in [0.05, 0.1) is 6.54 Å². The van der Waals surface area contributed by atoms with E-state index in [9.17, 15) is 14.4 Å². The van der Waals surface area contributed by atoms with Gasteiger partial charge in [-0.15, -0.1) is 0 Å². The summed E-state index contributed by atoms with van der Waals surface area (Å²) >= 11 is 0. The summed E-state index contributed by atoms with van der Waals surface area (Å²) in [6.45, 7) is 1.66. The van der Waals surface area contributed by atoms with Crippen molar-refractivity contribution in [2.45, 2.75) is 13.3 Å². The van der Waals surface area contributed by atoms with E-state index in [1.807, 2.05) is 6.92 Å². The highest BCUT2D eigenvalue weighted by Gasteiger charge is 2.10. The Balaban J connectivity index is 3.69. The molecule has 0 aliphatic rings. The minimum absolute atomic E-state index is 0.0714. The van der Waals surface area contributed by atoms with Gasteiger partial charge >= 0.3 is 5.97 Å². The highest BCUT2D eigenvalue weighted by Crippen LogP contribution is 2.00. The molecule has 1 unspecified atom stereocenters. The molecule has 0 aromatic heterocycles. The fraction of sp³-hybridized carbons (Fsp3) is 0.700. The molecular weight excluding hydrogens is 228 g/mol. The molecule has 0 radical (unpaired) electrons. The number of nitrogens with one attached hydrogen (secondary N) is 2. The van der Waals surface area contributed by atoms with Gasteiger partial charge in [0.25, 0.3) is 0 Å². The molecule has 1 atom stereocenters. The standard InChI is InChI=1S/C10H18N2O5/c1-7(6-17-2)3-8(13)11-4-9(14)12-5-10(15)16/h7H,3-6H2,1-2H3,(H,11,13)(H,12,14)(H,15,16). The lowest BCUT2D eigenvalue weighted by Gasteiger charge is -2.10. The fourth-order valence-corrected chi connectivity index (χ4v) is 1.15. The number of carboxylic acid groups (broad SMARTS) is 1. The van der Waals surface area contributed by atoms with Crippen molar-refractivity contribution in [1.82, 2.24) is 10.6 Å². The summed E-state index contributed by atoms with van der Waals surface area (Å²) in [4.78, 5) is 32.5. The summed E-state index contributed by atoms with van der Waals surface area (Å²) < 4.78 is 4.87. The first kappa shape index (κ1) is 15.4. The first-order valence-electron chi connectivity index (χ1n) is 5.19. The molecule has 3 N–H and O–H groups in total. The molecule has 0 aliphatic carbocycles. The van der Waals surface area contributed by atoms with E-state index in [2.05, 4.69) is 10.6 Å². The molecule has 0 saturated carbocycles. The molecule has 0 aromatic carbocycles. The zero-order valence-electron chi connectivity index (χ0n) is 9.99. The van der Waals surface area contributed by atoms with Gasteiger partial charge in [-0.3, -0.25) is 14.4 Å². The Bertz CT molecular complexity index is 280. The van der Waals surface area contributed by atoms with Crippen LogP contribution in [0.25, 0.3) is 0 Å². The average molecular weight is 246 g/mol. The molecule has 0 heterocycles. The number of carbonyl (C=O) groups is 3. The third-order valence-corrected chi connectivity index (χ3v) is 1.87. The number of aliphatic carboxylic acids is 1. The summed E-state index contributed by atoms with van der Waals surface area (Å²) in [7, 11) is 1.55. The van der Waals surface area contributed by atoms with Crippen molar-refractivity contribution in [2.24, 2.45) is 5.92 Å². The van der Waals surface area contributed by atoms with Crippen LogP contribution in [-0.2, 0) is 19.1 Å². The van der Waals surface area contributed by atoms with E-state index in [0.29, 0.717) is 6.61 Å². The monoisotopic (exact) mass is 246 g/mol. The maximum absolute atomic E-state index is 11.3. The Kier molecular flexibility index (Phi) is 7.70. The minimum Gasteiger partial charge on any atom is -0.480 e. The number of hydrogen-bond acceptors (Lipinski definition) is 4. The normalized spacial score (nSPS) is 11.6. The van der Waals surface area contributed by atoms with Crippen LogP contribution in [0, 0.1) is 5.92 Å². The molecule has 0 saturated heterocycles. The zero-order valence-corrected chi connectivity index (χ0v) is 9.99. The molecule has 2 amide bonds. The van der Waals surface area contributed by atoms with Gasteiger partial charge in [-0.2, -0.15) is 0 Å². The molecule has 0 aliphatic heterocycles. The predicted molar refractivity (Wildman–Crippen MR) is 59.3 cm³/mol. The molecule has 7 nitrogen and oxygen atoms in total. The highest BCUT2D eigenvalue weighted by atomic mass is 16.5. The molecule has 17 heavy (non-hydrogen) atoms. The van der Waals surface area contributed by atoms with Crippen LogP contribution < -0.4 is 10.6 Å². The predicted octanol–water partition coefficient (Wildman–Crippen LogP) is -1.02. The van der Waals surface area contributed by atoms with Gasteiger partial charge in [-0.05, 0) is 5.92 Å². The van der Waals surface area contributed by atoms with Gasteiger partial charge in [0, 0.05) is 20.1 Å². The number of carbonyl (C=O) groups excluding carboxylic acids is 2. The van der Waals surface area contributed by atoms with Crippen LogP contribution in [0.2, 0.25) is 0 Å². The third kappa shape index (κ3) is 9.31. The molecule has 98 valence electrons. The second-order valence-electron chi connectivity index (χ2n) is 3.71. The van der Waals surface area contributed by atoms with E-state index in [4.69, 9.17) is 9.84 Å². The van der Waals surface area contributed by atoms with Gasteiger partial charge < -0.3 is 20.5 Å². The largest absolute Gasteiger partial charge is 0.480 e. The number of carboxylic acids is 1. The van der Waals surface area contributed by atoms with Crippen LogP contribution in [0.5, 0.6) is 0 Å².